The molecule has 0 spiro atoms. The van der Waals surface area contributed by atoms with E-state index >= 15 is 0 Å². The Morgan fingerprint density at radius 3 is 2.41 bits per heavy atom. The van der Waals surface area contributed by atoms with Crippen molar-refractivity contribution >= 4 is 17.5 Å². The molecule has 1 aromatic carbocycles. The van der Waals surface area contributed by atoms with E-state index in [1.54, 1.807) is 0 Å². The van der Waals surface area contributed by atoms with E-state index in [9.17, 15) is 9.59 Å². The first-order valence-corrected chi connectivity index (χ1v) is 10.3. The number of nitrogens with one attached hydrogen (secondary N) is 1. The van der Waals surface area contributed by atoms with Gasteiger partial charge in [-0.05, 0) is 64.3 Å². The van der Waals surface area contributed by atoms with Crippen molar-refractivity contribution in [3.8, 4) is 0 Å². The van der Waals surface area contributed by atoms with Crippen LogP contribution in [-0.2, 0) is 9.59 Å². The molecule has 27 heavy (non-hydrogen) atoms. The summed E-state index contributed by atoms with van der Waals surface area (Å²) in [6.07, 6.45) is 3.30. The first-order valence-electron chi connectivity index (χ1n) is 10.3. The van der Waals surface area contributed by atoms with Gasteiger partial charge in [0, 0.05) is 31.2 Å². The molecule has 0 saturated carbocycles. The van der Waals surface area contributed by atoms with Crippen LogP contribution in [0.3, 0.4) is 0 Å². The van der Waals surface area contributed by atoms with Gasteiger partial charge in [0.05, 0.1) is 5.92 Å². The third-order valence-electron chi connectivity index (χ3n) is 5.88. The molecule has 2 fully saturated rings. The molecule has 1 atom stereocenters. The predicted octanol–water partition coefficient (Wildman–Crippen LogP) is 2.96. The second-order valence-electron chi connectivity index (χ2n) is 8.17. The van der Waals surface area contributed by atoms with Gasteiger partial charge in [-0.3, -0.25) is 9.59 Å². The SMILES string of the molecule is CCCN(C(=O)C1CC(=O)N(c2c(C)cc(C)cc2C)C1)C1CCNCC1. The molecule has 0 radical (unpaired) electrons. The molecular formula is C22H33N3O2. The van der Waals surface area contributed by atoms with E-state index in [4.69, 9.17) is 0 Å². The van der Waals surface area contributed by atoms with Crippen molar-refractivity contribution in [2.75, 3.05) is 31.1 Å². The summed E-state index contributed by atoms with van der Waals surface area (Å²) in [6, 6.07) is 4.54. The summed E-state index contributed by atoms with van der Waals surface area (Å²) >= 11 is 0. The zero-order chi connectivity index (χ0) is 19.6. The molecule has 0 aliphatic carbocycles. The van der Waals surface area contributed by atoms with E-state index in [2.05, 4.69) is 50.0 Å². The van der Waals surface area contributed by atoms with Crippen LogP contribution in [0.1, 0.15) is 49.3 Å². The Morgan fingerprint density at radius 1 is 1.19 bits per heavy atom. The lowest BCUT2D eigenvalue weighted by atomic mass is 10.00. The number of rotatable bonds is 5. The number of carbonyl (C=O) groups is 2. The van der Waals surface area contributed by atoms with Gasteiger partial charge >= 0.3 is 0 Å². The largest absolute Gasteiger partial charge is 0.339 e. The van der Waals surface area contributed by atoms with E-state index in [-0.39, 0.29) is 17.7 Å². The quantitative estimate of drug-likeness (QED) is 0.866. The Balaban J connectivity index is 1.78. The smallest absolute Gasteiger partial charge is 0.228 e. The second kappa shape index (κ2) is 8.42. The molecule has 1 N–H and O–H groups in total. The van der Waals surface area contributed by atoms with Crippen LogP contribution in [0, 0.1) is 26.7 Å². The summed E-state index contributed by atoms with van der Waals surface area (Å²) < 4.78 is 0. The maximum atomic E-state index is 13.3. The zero-order valence-electron chi connectivity index (χ0n) is 17.2. The average Bonchev–Trinajstić information content (AvgIpc) is 3.00. The molecular weight excluding hydrogens is 338 g/mol. The Labute approximate surface area is 163 Å². The van der Waals surface area contributed by atoms with E-state index < -0.39 is 0 Å². The molecule has 0 aromatic heterocycles. The molecule has 2 aliphatic rings. The predicted molar refractivity (Wildman–Crippen MR) is 109 cm³/mol. The monoisotopic (exact) mass is 371 g/mol. The van der Waals surface area contributed by atoms with Gasteiger partial charge < -0.3 is 15.1 Å². The molecule has 0 bridgehead atoms. The van der Waals surface area contributed by atoms with Crippen molar-refractivity contribution in [2.45, 2.75) is 59.4 Å². The first-order chi connectivity index (χ1) is 12.9. The number of piperidine rings is 1. The molecule has 2 heterocycles. The van der Waals surface area contributed by atoms with Crippen LogP contribution in [-0.4, -0.2) is 48.9 Å². The standard InChI is InChI=1S/C22H33N3O2/c1-5-10-24(19-6-8-23-9-7-19)22(27)18-13-20(26)25(14-18)21-16(3)11-15(2)12-17(21)4/h11-12,18-19,23H,5-10,13-14H2,1-4H3. The summed E-state index contributed by atoms with van der Waals surface area (Å²) in [4.78, 5) is 30.0. The molecule has 2 saturated heterocycles. The van der Waals surface area contributed by atoms with E-state index in [1.165, 1.54) is 5.56 Å². The minimum atomic E-state index is -0.223. The molecule has 2 amide bonds. The van der Waals surface area contributed by atoms with Crippen molar-refractivity contribution < 1.29 is 9.59 Å². The Morgan fingerprint density at radius 2 is 1.81 bits per heavy atom. The lowest BCUT2D eigenvalue weighted by molar-refractivity contribution is -0.138. The molecule has 2 aliphatic heterocycles. The van der Waals surface area contributed by atoms with Crippen molar-refractivity contribution in [3.05, 3.63) is 28.8 Å². The van der Waals surface area contributed by atoms with Gasteiger partial charge in [0.2, 0.25) is 11.8 Å². The molecule has 1 aromatic rings. The number of hydrogen-bond donors (Lipinski definition) is 1. The lowest BCUT2D eigenvalue weighted by Gasteiger charge is -2.36. The number of benzene rings is 1. The topological polar surface area (TPSA) is 52.7 Å². The molecule has 1 unspecified atom stereocenters. The zero-order valence-corrected chi connectivity index (χ0v) is 17.2. The van der Waals surface area contributed by atoms with Gasteiger partial charge in [-0.25, -0.2) is 0 Å². The highest BCUT2D eigenvalue weighted by Crippen LogP contribution is 2.33. The van der Waals surface area contributed by atoms with Crippen LogP contribution in [0.5, 0.6) is 0 Å². The molecule has 3 rings (SSSR count). The minimum Gasteiger partial charge on any atom is -0.339 e. The Hall–Kier alpha value is -1.88. The maximum Gasteiger partial charge on any atom is 0.228 e. The molecule has 5 nitrogen and oxygen atoms in total. The number of aryl methyl sites for hydroxylation is 3. The Kier molecular flexibility index (Phi) is 6.20. The fourth-order valence-electron chi connectivity index (χ4n) is 4.75. The third kappa shape index (κ3) is 4.18. The number of hydrogen-bond acceptors (Lipinski definition) is 3. The van der Waals surface area contributed by atoms with Gasteiger partial charge in [-0.15, -0.1) is 0 Å². The van der Waals surface area contributed by atoms with E-state index in [0.717, 1.165) is 55.7 Å². The van der Waals surface area contributed by atoms with E-state index in [0.29, 0.717) is 19.0 Å². The van der Waals surface area contributed by atoms with Crippen molar-refractivity contribution in [3.63, 3.8) is 0 Å². The van der Waals surface area contributed by atoms with Crippen molar-refractivity contribution in [1.29, 1.82) is 0 Å². The van der Waals surface area contributed by atoms with Gasteiger partial charge in [0.15, 0.2) is 0 Å². The van der Waals surface area contributed by atoms with E-state index in [1.807, 2.05) is 4.90 Å². The highest BCUT2D eigenvalue weighted by molar-refractivity contribution is 6.01. The Bertz CT molecular complexity index is 687. The number of amides is 2. The summed E-state index contributed by atoms with van der Waals surface area (Å²) in [5, 5.41) is 3.37. The summed E-state index contributed by atoms with van der Waals surface area (Å²) in [5.41, 5.74) is 4.41. The summed E-state index contributed by atoms with van der Waals surface area (Å²) in [6.45, 7) is 11.5. The normalized spacial score (nSPS) is 21.0. The fraction of sp³-hybridized carbons (Fsp3) is 0.636. The van der Waals surface area contributed by atoms with Crippen molar-refractivity contribution in [2.24, 2.45) is 5.92 Å². The van der Waals surface area contributed by atoms with Crippen LogP contribution in [0.25, 0.3) is 0 Å². The summed E-state index contributed by atoms with van der Waals surface area (Å²) in [7, 11) is 0. The highest BCUT2D eigenvalue weighted by atomic mass is 16.2. The third-order valence-corrected chi connectivity index (χ3v) is 5.88. The van der Waals surface area contributed by atoms with Crippen LogP contribution in [0.2, 0.25) is 0 Å². The van der Waals surface area contributed by atoms with Crippen LogP contribution < -0.4 is 10.2 Å². The van der Waals surface area contributed by atoms with Crippen LogP contribution >= 0.6 is 0 Å². The van der Waals surface area contributed by atoms with Gasteiger partial charge in [-0.1, -0.05) is 24.6 Å². The molecule has 5 heteroatoms. The maximum absolute atomic E-state index is 13.3. The minimum absolute atomic E-state index is 0.0742. The lowest BCUT2D eigenvalue weighted by Crippen LogP contribution is -2.48. The van der Waals surface area contributed by atoms with Crippen LogP contribution in [0.4, 0.5) is 5.69 Å². The highest BCUT2D eigenvalue weighted by Gasteiger charge is 2.39. The average molecular weight is 372 g/mol. The van der Waals surface area contributed by atoms with Crippen molar-refractivity contribution in [1.82, 2.24) is 10.2 Å². The summed E-state index contributed by atoms with van der Waals surface area (Å²) in [5.74, 6) is 0.0196. The number of anilines is 1. The van der Waals surface area contributed by atoms with Gasteiger partial charge in [0.25, 0.3) is 0 Å². The van der Waals surface area contributed by atoms with Gasteiger partial charge in [0.1, 0.15) is 0 Å². The first kappa shape index (κ1) is 19.9. The fourth-order valence-corrected chi connectivity index (χ4v) is 4.75. The second-order valence-corrected chi connectivity index (χ2v) is 8.17. The van der Waals surface area contributed by atoms with Crippen LogP contribution in [0.15, 0.2) is 12.1 Å². The number of nitrogens with zero attached hydrogens (tertiary/aromatic N) is 2. The molecule has 148 valence electrons. The van der Waals surface area contributed by atoms with Gasteiger partial charge in [-0.2, -0.15) is 0 Å². The number of carbonyl (C=O) groups excluding carboxylic acids is 2.